The highest BCUT2D eigenvalue weighted by atomic mass is 79.9. The van der Waals surface area contributed by atoms with Gasteiger partial charge in [0.05, 0.1) is 18.5 Å². The van der Waals surface area contributed by atoms with Gasteiger partial charge in [-0.15, -0.1) is 0 Å². The first-order valence-electron chi connectivity index (χ1n) is 4.31. The second-order valence-corrected chi connectivity index (χ2v) is 4.33. The summed E-state index contributed by atoms with van der Waals surface area (Å²) < 4.78 is 0.869. The van der Waals surface area contributed by atoms with Crippen molar-refractivity contribution < 1.29 is 5.11 Å². The summed E-state index contributed by atoms with van der Waals surface area (Å²) in [6.45, 7) is -0.0434. The lowest BCUT2D eigenvalue weighted by Gasteiger charge is -2.01. The maximum absolute atomic E-state index is 8.91. The van der Waals surface area contributed by atoms with Crippen molar-refractivity contribution in [2.24, 2.45) is 0 Å². The Balaban J connectivity index is 2.44. The van der Waals surface area contributed by atoms with Gasteiger partial charge in [0.15, 0.2) is 0 Å². The third kappa shape index (κ3) is 2.22. The minimum Gasteiger partial charge on any atom is -0.390 e. The minimum atomic E-state index is -0.0434. The average molecular weight is 288 g/mol. The van der Waals surface area contributed by atoms with Crippen LogP contribution in [0.4, 0.5) is 0 Å². The van der Waals surface area contributed by atoms with Crippen molar-refractivity contribution in [1.82, 2.24) is 9.97 Å². The first-order chi connectivity index (χ1) is 7.20. The number of H-pyrrole nitrogens is 1. The molecule has 0 spiro atoms. The van der Waals surface area contributed by atoms with Crippen molar-refractivity contribution in [3.05, 3.63) is 39.6 Å². The second-order valence-electron chi connectivity index (χ2n) is 3.04. The lowest BCUT2D eigenvalue weighted by Crippen LogP contribution is -1.84. The van der Waals surface area contributed by atoms with Gasteiger partial charge in [0, 0.05) is 15.1 Å². The van der Waals surface area contributed by atoms with Crippen LogP contribution in [0.5, 0.6) is 0 Å². The van der Waals surface area contributed by atoms with E-state index in [0.717, 1.165) is 10.0 Å². The van der Waals surface area contributed by atoms with E-state index in [9.17, 15) is 0 Å². The van der Waals surface area contributed by atoms with Gasteiger partial charge in [0.1, 0.15) is 5.82 Å². The number of nitrogens with zero attached hydrogens (tertiary/aromatic N) is 1. The predicted molar refractivity (Wildman–Crippen MR) is 62.7 cm³/mol. The fourth-order valence-electron chi connectivity index (χ4n) is 1.26. The van der Waals surface area contributed by atoms with Crippen LogP contribution in [0.25, 0.3) is 11.4 Å². The quantitative estimate of drug-likeness (QED) is 0.892. The van der Waals surface area contributed by atoms with Gasteiger partial charge in [0.25, 0.3) is 0 Å². The zero-order valence-electron chi connectivity index (χ0n) is 7.67. The lowest BCUT2D eigenvalue weighted by atomic mass is 10.2. The van der Waals surface area contributed by atoms with Crippen LogP contribution in [-0.2, 0) is 6.61 Å². The van der Waals surface area contributed by atoms with E-state index in [2.05, 4.69) is 25.9 Å². The number of benzene rings is 1. The van der Waals surface area contributed by atoms with Gasteiger partial charge >= 0.3 is 0 Å². The van der Waals surface area contributed by atoms with Crippen LogP contribution in [0.2, 0.25) is 5.02 Å². The third-order valence-electron chi connectivity index (χ3n) is 1.99. The van der Waals surface area contributed by atoms with Crippen molar-refractivity contribution >= 4 is 27.5 Å². The molecule has 5 heteroatoms. The molecule has 0 aliphatic rings. The highest BCUT2D eigenvalue weighted by Gasteiger charge is 2.07. The van der Waals surface area contributed by atoms with Gasteiger partial charge in [-0.3, -0.25) is 0 Å². The Bertz CT molecular complexity index is 484. The summed E-state index contributed by atoms with van der Waals surface area (Å²) in [5, 5.41) is 9.57. The van der Waals surface area contributed by atoms with Crippen LogP contribution in [0.15, 0.2) is 28.9 Å². The van der Waals surface area contributed by atoms with E-state index in [0.29, 0.717) is 16.5 Å². The minimum absolute atomic E-state index is 0.0434. The summed E-state index contributed by atoms with van der Waals surface area (Å²) in [6, 6.07) is 5.47. The average Bonchev–Trinajstić information content (AvgIpc) is 2.66. The van der Waals surface area contributed by atoms with Crippen LogP contribution in [-0.4, -0.2) is 15.1 Å². The van der Waals surface area contributed by atoms with E-state index in [4.69, 9.17) is 16.7 Å². The summed E-state index contributed by atoms with van der Waals surface area (Å²) in [4.78, 5) is 7.16. The molecule has 0 atom stereocenters. The van der Waals surface area contributed by atoms with Gasteiger partial charge in [-0.2, -0.15) is 0 Å². The van der Waals surface area contributed by atoms with E-state index >= 15 is 0 Å². The van der Waals surface area contributed by atoms with Crippen LogP contribution in [0, 0.1) is 0 Å². The Labute approximate surface area is 100 Å². The Morgan fingerprint density at radius 2 is 2.27 bits per heavy atom. The van der Waals surface area contributed by atoms with Crippen molar-refractivity contribution in [1.29, 1.82) is 0 Å². The van der Waals surface area contributed by atoms with E-state index < -0.39 is 0 Å². The van der Waals surface area contributed by atoms with Gasteiger partial charge in [0.2, 0.25) is 0 Å². The number of aliphatic hydroxyl groups excluding tert-OH is 1. The molecule has 2 rings (SSSR count). The SMILES string of the molecule is OCc1cnc(-c2ccc(Cl)cc2Br)[nH]1. The van der Waals surface area contributed by atoms with E-state index in [1.807, 2.05) is 6.07 Å². The number of imidazole rings is 1. The highest BCUT2D eigenvalue weighted by Crippen LogP contribution is 2.28. The molecule has 1 heterocycles. The maximum atomic E-state index is 8.91. The van der Waals surface area contributed by atoms with Crippen LogP contribution in [0.3, 0.4) is 0 Å². The molecule has 15 heavy (non-hydrogen) atoms. The summed E-state index contributed by atoms with van der Waals surface area (Å²) >= 11 is 9.24. The molecule has 0 fully saturated rings. The Hall–Kier alpha value is -0.840. The lowest BCUT2D eigenvalue weighted by molar-refractivity contribution is 0.277. The number of aromatic amines is 1. The number of nitrogens with one attached hydrogen (secondary N) is 1. The van der Waals surface area contributed by atoms with Crippen molar-refractivity contribution in [3.63, 3.8) is 0 Å². The van der Waals surface area contributed by atoms with E-state index in [1.165, 1.54) is 0 Å². The molecule has 0 saturated heterocycles. The van der Waals surface area contributed by atoms with Crippen molar-refractivity contribution in [2.75, 3.05) is 0 Å². The Kier molecular flexibility index (Phi) is 3.09. The fourth-order valence-corrected chi connectivity index (χ4v) is 2.13. The second kappa shape index (κ2) is 4.35. The molecule has 0 unspecified atom stereocenters. The molecule has 0 saturated carbocycles. The molecule has 1 aromatic carbocycles. The molecule has 1 aromatic heterocycles. The molecular weight excluding hydrogens is 279 g/mol. The van der Waals surface area contributed by atoms with Gasteiger partial charge in [-0.05, 0) is 34.1 Å². The zero-order valence-corrected chi connectivity index (χ0v) is 10.0. The first-order valence-corrected chi connectivity index (χ1v) is 5.48. The number of aliphatic hydroxyl groups is 1. The predicted octanol–water partition coefficient (Wildman–Crippen LogP) is 2.98. The van der Waals surface area contributed by atoms with Crippen molar-refractivity contribution in [3.8, 4) is 11.4 Å². The molecule has 0 radical (unpaired) electrons. The number of hydrogen-bond donors (Lipinski definition) is 2. The molecule has 0 amide bonds. The summed E-state index contributed by atoms with van der Waals surface area (Å²) in [7, 11) is 0. The summed E-state index contributed by atoms with van der Waals surface area (Å²) in [5.74, 6) is 0.711. The number of rotatable bonds is 2. The van der Waals surface area contributed by atoms with Gasteiger partial charge in [-0.25, -0.2) is 4.98 Å². The molecular formula is C10H8BrClN2O. The maximum Gasteiger partial charge on any atom is 0.138 e. The van der Waals surface area contributed by atoms with Crippen LogP contribution in [0.1, 0.15) is 5.69 Å². The normalized spacial score (nSPS) is 10.6. The number of hydrogen-bond acceptors (Lipinski definition) is 2. The molecule has 0 bridgehead atoms. The topological polar surface area (TPSA) is 48.9 Å². The van der Waals surface area contributed by atoms with E-state index in [1.54, 1.807) is 18.3 Å². The standard InChI is InChI=1S/C10H8BrClN2O/c11-9-3-6(12)1-2-8(9)10-13-4-7(5-15)14-10/h1-4,15H,5H2,(H,13,14). The molecule has 0 aliphatic heterocycles. The third-order valence-corrected chi connectivity index (χ3v) is 2.88. The van der Waals surface area contributed by atoms with Crippen LogP contribution >= 0.6 is 27.5 Å². The fraction of sp³-hybridized carbons (Fsp3) is 0.100. The first kappa shape index (κ1) is 10.7. The van der Waals surface area contributed by atoms with Crippen LogP contribution < -0.4 is 0 Å². The number of aromatic nitrogens is 2. The Morgan fingerprint density at radius 1 is 1.47 bits per heavy atom. The zero-order chi connectivity index (χ0) is 10.8. The molecule has 3 nitrogen and oxygen atoms in total. The molecule has 0 aliphatic carbocycles. The molecule has 78 valence electrons. The van der Waals surface area contributed by atoms with Crippen molar-refractivity contribution in [2.45, 2.75) is 6.61 Å². The molecule has 2 aromatic rings. The number of halogens is 2. The summed E-state index contributed by atoms with van der Waals surface area (Å²) in [5.41, 5.74) is 1.60. The largest absolute Gasteiger partial charge is 0.390 e. The monoisotopic (exact) mass is 286 g/mol. The van der Waals surface area contributed by atoms with Gasteiger partial charge in [-0.1, -0.05) is 11.6 Å². The Morgan fingerprint density at radius 3 is 2.87 bits per heavy atom. The van der Waals surface area contributed by atoms with Gasteiger partial charge < -0.3 is 10.1 Å². The van der Waals surface area contributed by atoms with E-state index in [-0.39, 0.29) is 6.61 Å². The summed E-state index contributed by atoms with van der Waals surface area (Å²) in [6.07, 6.45) is 1.61. The smallest absolute Gasteiger partial charge is 0.138 e. The highest BCUT2D eigenvalue weighted by molar-refractivity contribution is 9.10. The molecule has 2 N–H and O–H groups in total.